The number of hydrogen-bond donors (Lipinski definition) is 0. The molecule has 0 bridgehead atoms. The van der Waals surface area contributed by atoms with E-state index in [-0.39, 0.29) is 23.4 Å². The van der Waals surface area contributed by atoms with Crippen LogP contribution in [-0.4, -0.2) is 53.2 Å². The smallest absolute Gasteiger partial charge is 0.265 e. The van der Waals surface area contributed by atoms with Gasteiger partial charge in [-0.2, -0.15) is 10.2 Å². The summed E-state index contributed by atoms with van der Waals surface area (Å²) < 4.78 is 33.6. The van der Waals surface area contributed by atoms with Crippen molar-refractivity contribution in [3.8, 4) is 0 Å². The molecule has 0 saturated heterocycles. The van der Waals surface area contributed by atoms with Crippen LogP contribution in [0.25, 0.3) is 0 Å². The third-order valence-corrected chi connectivity index (χ3v) is 7.83. The molecule has 33 heavy (non-hydrogen) atoms. The summed E-state index contributed by atoms with van der Waals surface area (Å²) in [5, 5.41) is 10.4. The summed E-state index contributed by atoms with van der Waals surface area (Å²) in [5.74, 6) is 0.330. The summed E-state index contributed by atoms with van der Waals surface area (Å²) in [6, 6.07) is 11.2. The van der Waals surface area contributed by atoms with Gasteiger partial charge in [0.2, 0.25) is 10.0 Å². The Labute approximate surface area is 193 Å². The molecule has 4 rings (SSSR count). The van der Waals surface area contributed by atoms with Crippen LogP contribution >= 0.6 is 0 Å². The van der Waals surface area contributed by atoms with Crippen molar-refractivity contribution in [1.82, 2.24) is 19.1 Å². The molecule has 1 aliphatic heterocycles. The van der Waals surface area contributed by atoms with Crippen LogP contribution in [0.1, 0.15) is 40.7 Å². The normalized spacial score (nSPS) is 16.5. The molecule has 2 aromatic heterocycles. The molecule has 174 valence electrons. The number of aryl methyl sites for hydroxylation is 2. The highest BCUT2D eigenvalue weighted by Crippen LogP contribution is 2.33. The van der Waals surface area contributed by atoms with E-state index in [1.165, 1.54) is 23.8 Å². The average molecular weight is 470 g/mol. The average Bonchev–Trinajstić information content (AvgIpc) is 3.48. The molecule has 1 unspecified atom stereocenters. The second-order valence-electron chi connectivity index (χ2n) is 8.33. The Balaban J connectivity index is 1.66. The van der Waals surface area contributed by atoms with Crippen molar-refractivity contribution >= 4 is 21.6 Å². The molecule has 0 N–H and O–H groups in total. The molecule has 1 aromatic carbocycles. The summed E-state index contributed by atoms with van der Waals surface area (Å²) in [5.41, 5.74) is 3.63. The molecular formula is C23H27N5O4S. The van der Waals surface area contributed by atoms with Gasteiger partial charge >= 0.3 is 0 Å². The highest BCUT2D eigenvalue weighted by atomic mass is 32.2. The van der Waals surface area contributed by atoms with E-state index in [1.807, 2.05) is 37.3 Å². The van der Waals surface area contributed by atoms with E-state index in [9.17, 15) is 13.2 Å². The number of hydrazone groups is 1. The Hall–Kier alpha value is -3.24. The fourth-order valence-electron chi connectivity index (χ4n) is 3.95. The van der Waals surface area contributed by atoms with Gasteiger partial charge in [-0.25, -0.2) is 17.7 Å². The number of rotatable bonds is 6. The molecule has 0 radical (unpaired) electrons. The van der Waals surface area contributed by atoms with Gasteiger partial charge in [-0.3, -0.25) is 9.48 Å². The van der Waals surface area contributed by atoms with Crippen molar-refractivity contribution in [3.63, 3.8) is 0 Å². The minimum Gasteiger partial charge on any atom is -0.467 e. The Bertz CT molecular complexity index is 1310. The van der Waals surface area contributed by atoms with Crippen LogP contribution in [0, 0.1) is 20.8 Å². The highest BCUT2D eigenvalue weighted by Gasteiger charge is 2.36. The number of amides is 1. The molecule has 0 spiro atoms. The Kier molecular flexibility index (Phi) is 5.98. The monoisotopic (exact) mass is 469 g/mol. The summed E-state index contributed by atoms with van der Waals surface area (Å²) in [6.07, 6.45) is 2.08. The molecule has 10 heteroatoms. The number of nitrogens with zero attached hydrogens (tertiary/aromatic N) is 5. The lowest BCUT2D eigenvalue weighted by atomic mass is 10.0. The third kappa shape index (κ3) is 4.23. The Morgan fingerprint density at radius 1 is 1.15 bits per heavy atom. The first-order valence-electron chi connectivity index (χ1n) is 10.6. The third-order valence-electron chi connectivity index (χ3n) is 5.76. The maximum absolute atomic E-state index is 13.4. The second kappa shape index (κ2) is 8.60. The lowest BCUT2D eigenvalue weighted by molar-refractivity contribution is -0.134. The number of carbonyl (C=O) groups is 1. The lowest BCUT2D eigenvalue weighted by Gasteiger charge is -2.20. The largest absolute Gasteiger partial charge is 0.467 e. The number of carbonyl (C=O) groups excluding carboxylic acids is 1. The van der Waals surface area contributed by atoms with Gasteiger partial charge in [-0.05, 0) is 38.5 Å². The molecule has 1 amide bonds. The van der Waals surface area contributed by atoms with E-state index in [2.05, 4.69) is 10.2 Å². The van der Waals surface area contributed by atoms with Crippen molar-refractivity contribution in [2.24, 2.45) is 5.10 Å². The van der Waals surface area contributed by atoms with E-state index in [0.717, 1.165) is 21.1 Å². The van der Waals surface area contributed by atoms with Crippen LogP contribution in [0.15, 0.2) is 57.1 Å². The van der Waals surface area contributed by atoms with Gasteiger partial charge in [0, 0.05) is 20.5 Å². The quantitative estimate of drug-likeness (QED) is 0.552. The number of furan rings is 1. The van der Waals surface area contributed by atoms with Crippen LogP contribution in [0.5, 0.6) is 0 Å². The first kappa shape index (κ1) is 22.9. The number of sulfonamides is 1. The zero-order valence-corrected chi connectivity index (χ0v) is 20.1. The van der Waals surface area contributed by atoms with Gasteiger partial charge in [-0.15, -0.1) is 0 Å². The van der Waals surface area contributed by atoms with E-state index >= 15 is 0 Å². The molecule has 3 aromatic rings. The van der Waals surface area contributed by atoms with Crippen molar-refractivity contribution in [3.05, 3.63) is 70.9 Å². The maximum Gasteiger partial charge on any atom is 0.265 e. The molecule has 1 atom stereocenters. The molecular weight excluding hydrogens is 442 g/mol. The second-order valence-corrected chi connectivity index (χ2v) is 10.4. The molecule has 0 aliphatic carbocycles. The summed E-state index contributed by atoms with van der Waals surface area (Å²) in [6.45, 7) is 5.15. The van der Waals surface area contributed by atoms with Crippen LogP contribution in [0.3, 0.4) is 0 Å². The van der Waals surface area contributed by atoms with E-state index in [4.69, 9.17) is 4.42 Å². The fraction of sp³-hybridized carbons (Fsp3) is 0.348. The Morgan fingerprint density at radius 3 is 2.45 bits per heavy atom. The fourth-order valence-corrected chi connectivity index (χ4v) is 5.21. The molecule has 0 saturated carbocycles. The predicted molar refractivity (Wildman–Crippen MR) is 123 cm³/mol. The minimum absolute atomic E-state index is 0.119. The van der Waals surface area contributed by atoms with Gasteiger partial charge in [0.05, 0.1) is 23.4 Å². The first-order valence-corrected chi connectivity index (χ1v) is 12.0. The van der Waals surface area contributed by atoms with Crippen molar-refractivity contribution in [2.75, 3.05) is 14.1 Å². The zero-order valence-electron chi connectivity index (χ0n) is 19.3. The summed E-state index contributed by atoms with van der Waals surface area (Å²) in [7, 11) is -0.747. The zero-order chi connectivity index (χ0) is 23.9. The molecule has 0 fully saturated rings. The van der Waals surface area contributed by atoms with Gasteiger partial charge in [0.15, 0.2) is 0 Å². The van der Waals surface area contributed by atoms with Gasteiger partial charge in [0.25, 0.3) is 5.91 Å². The summed E-state index contributed by atoms with van der Waals surface area (Å²) in [4.78, 5) is 13.5. The lowest BCUT2D eigenvalue weighted by Crippen LogP contribution is -2.31. The topological polar surface area (TPSA) is 101 Å². The van der Waals surface area contributed by atoms with Gasteiger partial charge in [-0.1, -0.05) is 29.8 Å². The van der Waals surface area contributed by atoms with Gasteiger partial charge in [0.1, 0.15) is 23.2 Å². The minimum atomic E-state index is -3.68. The van der Waals surface area contributed by atoms with Crippen LogP contribution in [0.2, 0.25) is 0 Å². The SMILES string of the molecule is Cc1ccc(C2=NN(C(=O)Cn3nc(C)c(S(=O)(=O)N(C)C)c3C)C(c3ccco3)C2)cc1. The van der Waals surface area contributed by atoms with Crippen LogP contribution < -0.4 is 0 Å². The Morgan fingerprint density at radius 2 is 1.85 bits per heavy atom. The van der Waals surface area contributed by atoms with Crippen molar-refractivity contribution < 1.29 is 17.6 Å². The molecule has 9 nitrogen and oxygen atoms in total. The van der Waals surface area contributed by atoms with E-state index in [1.54, 1.807) is 26.2 Å². The van der Waals surface area contributed by atoms with Gasteiger partial charge < -0.3 is 4.42 Å². The predicted octanol–water partition coefficient (Wildman–Crippen LogP) is 3.03. The molecule has 3 heterocycles. The summed E-state index contributed by atoms with van der Waals surface area (Å²) >= 11 is 0. The first-order chi connectivity index (χ1) is 15.6. The molecule has 1 aliphatic rings. The van der Waals surface area contributed by atoms with E-state index < -0.39 is 10.0 Å². The standard InChI is InChI=1S/C23H27N5O4S/c1-15-8-10-18(11-9-15)19-13-20(21-7-6-12-32-21)28(25-19)22(29)14-27-17(3)23(16(2)24-27)33(30,31)26(4)5/h6-12,20H,13-14H2,1-5H3. The van der Waals surface area contributed by atoms with Crippen LogP contribution in [-0.2, 0) is 21.4 Å². The number of hydrogen-bond acceptors (Lipinski definition) is 6. The highest BCUT2D eigenvalue weighted by molar-refractivity contribution is 7.89. The maximum atomic E-state index is 13.4. The van der Waals surface area contributed by atoms with Crippen molar-refractivity contribution in [1.29, 1.82) is 0 Å². The van der Waals surface area contributed by atoms with E-state index in [0.29, 0.717) is 23.6 Å². The number of aromatic nitrogens is 2. The number of benzene rings is 1. The van der Waals surface area contributed by atoms with Crippen molar-refractivity contribution in [2.45, 2.75) is 44.7 Å². The van der Waals surface area contributed by atoms with Crippen LogP contribution in [0.4, 0.5) is 0 Å².